The highest BCUT2D eigenvalue weighted by Crippen LogP contribution is 2.31. The van der Waals surface area contributed by atoms with Crippen molar-refractivity contribution in [2.24, 2.45) is 0 Å². The fraction of sp³-hybridized carbons (Fsp3) is 0.176. The molecular formula is C17H15F3N2O2. The molecule has 0 aliphatic carbocycles. The number of carbonyl (C=O) groups is 1. The number of amides is 1. The van der Waals surface area contributed by atoms with Crippen molar-refractivity contribution >= 4 is 12.2 Å². The summed E-state index contributed by atoms with van der Waals surface area (Å²) in [7, 11) is 1.46. The van der Waals surface area contributed by atoms with Crippen LogP contribution in [0.3, 0.4) is 0 Å². The first-order chi connectivity index (χ1) is 11.4. The molecule has 4 nitrogen and oxygen atoms in total. The van der Waals surface area contributed by atoms with Gasteiger partial charge in [-0.1, -0.05) is 18.7 Å². The predicted molar refractivity (Wildman–Crippen MR) is 83.6 cm³/mol. The van der Waals surface area contributed by atoms with Crippen LogP contribution < -0.4 is 5.32 Å². The zero-order valence-electron chi connectivity index (χ0n) is 12.9. The van der Waals surface area contributed by atoms with E-state index in [1.807, 2.05) is 0 Å². The zero-order valence-corrected chi connectivity index (χ0v) is 12.9. The smallest absolute Gasteiger partial charge is 0.416 e. The van der Waals surface area contributed by atoms with Crippen LogP contribution in [0.2, 0.25) is 0 Å². The van der Waals surface area contributed by atoms with Gasteiger partial charge in [0.05, 0.1) is 18.4 Å². The number of halogens is 3. The summed E-state index contributed by atoms with van der Waals surface area (Å²) in [6.07, 6.45) is -2.32. The second-order valence-corrected chi connectivity index (χ2v) is 4.93. The van der Waals surface area contributed by atoms with Crippen LogP contribution in [0.25, 0.3) is 17.0 Å². The molecule has 0 saturated carbocycles. The first-order valence-electron chi connectivity index (χ1n) is 6.93. The molecule has 24 heavy (non-hydrogen) atoms. The van der Waals surface area contributed by atoms with Gasteiger partial charge in [-0.3, -0.25) is 9.78 Å². The summed E-state index contributed by atoms with van der Waals surface area (Å²) in [5.74, 6) is 0.379. The highest BCUT2D eigenvalue weighted by atomic mass is 19.4. The van der Waals surface area contributed by atoms with E-state index in [1.165, 1.54) is 25.4 Å². The minimum atomic E-state index is -4.38. The third-order valence-corrected chi connectivity index (χ3v) is 3.42. The van der Waals surface area contributed by atoms with E-state index < -0.39 is 11.7 Å². The number of nitrogens with one attached hydrogen (secondary N) is 1. The molecule has 0 unspecified atom stereocenters. The minimum Gasteiger partial charge on any atom is -0.497 e. The third kappa shape index (κ3) is 3.92. The third-order valence-electron chi connectivity index (χ3n) is 3.42. The van der Waals surface area contributed by atoms with Gasteiger partial charge in [0.2, 0.25) is 6.41 Å². The van der Waals surface area contributed by atoms with Crippen LogP contribution >= 0.6 is 0 Å². The molecular weight excluding hydrogens is 321 g/mol. The molecule has 0 radical (unpaired) electrons. The van der Waals surface area contributed by atoms with Crippen LogP contribution in [0, 0.1) is 0 Å². The number of carbonyl (C=O) groups excluding carboxylic acids is 1. The van der Waals surface area contributed by atoms with Crippen molar-refractivity contribution in [3.63, 3.8) is 0 Å². The van der Waals surface area contributed by atoms with Gasteiger partial charge in [-0.2, -0.15) is 13.2 Å². The van der Waals surface area contributed by atoms with Crippen molar-refractivity contribution in [3.8, 4) is 11.3 Å². The average Bonchev–Trinajstić information content (AvgIpc) is 2.58. The first-order valence-corrected chi connectivity index (χ1v) is 6.93. The Bertz CT molecular complexity index is 740. The van der Waals surface area contributed by atoms with E-state index in [-0.39, 0.29) is 6.54 Å². The molecule has 0 atom stereocenters. The average molecular weight is 336 g/mol. The maximum absolute atomic E-state index is 12.6. The molecule has 7 heteroatoms. The van der Waals surface area contributed by atoms with Gasteiger partial charge in [0, 0.05) is 23.9 Å². The molecule has 2 rings (SSSR count). The summed E-state index contributed by atoms with van der Waals surface area (Å²) in [5, 5.41) is 2.54. The lowest BCUT2D eigenvalue weighted by molar-refractivity contribution is -0.137. The molecule has 126 valence electrons. The Balaban J connectivity index is 2.40. The number of rotatable bonds is 6. The van der Waals surface area contributed by atoms with E-state index in [2.05, 4.69) is 16.9 Å². The van der Waals surface area contributed by atoms with Gasteiger partial charge in [0.15, 0.2) is 0 Å². The van der Waals surface area contributed by atoms with Crippen molar-refractivity contribution < 1.29 is 22.7 Å². The van der Waals surface area contributed by atoms with Crippen LogP contribution in [0.4, 0.5) is 13.2 Å². The van der Waals surface area contributed by atoms with E-state index in [4.69, 9.17) is 4.74 Å². The van der Waals surface area contributed by atoms with Gasteiger partial charge in [-0.05, 0) is 23.8 Å². The largest absolute Gasteiger partial charge is 0.497 e. The van der Waals surface area contributed by atoms with Gasteiger partial charge in [0.25, 0.3) is 0 Å². The van der Waals surface area contributed by atoms with Crippen molar-refractivity contribution in [1.82, 2.24) is 10.3 Å². The molecule has 1 N–H and O–H groups in total. The second kappa shape index (κ2) is 7.16. The number of methoxy groups -OCH3 is 1. The van der Waals surface area contributed by atoms with Crippen LogP contribution in [0.15, 0.2) is 43.1 Å². The number of hydrogen-bond donors (Lipinski definition) is 1. The number of ether oxygens (including phenoxy) is 1. The molecule has 1 heterocycles. The number of benzene rings is 1. The van der Waals surface area contributed by atoms with Crippen molar-refractivity contribution in [1.29, 1.82) is 0 Å². The lowest BCUT2D eigenvalue weighted by Crippen LogP contribution is -2.12. The number of alkyl halides is 3. The van der Waals surface area contributed by atoms with E-state index in [0.29, 0.717) is 34.6 Å². The Kier molecular flexibility index (Phi) is 5.23. The Morgan fingerprint density at radius 1 is 1.33 bits per heavy atom. The van der Waals surface area contributed by atoms with Crippen LogP contribution in [0.5, 0.6) is 0 Å². The first kappa shape index (κ1) is 17.5. The van der Waals surface area contributed by atoms with Gasteiger partial charge in [0.1, 0.15) is 5.76 Å². The lowest BCUT2D eigenvalue weighted by Gasteiger charge is -2.13. The Hall–Kier alpha value is -2.83. The summed E-state index contributed by atoms with van der Waals surface area (Å²) in [5.41, 5.74) is 1.60. The van der Waals surface area contributed by atoms with Crippen molar-refractivity contribution in [3.05, 3.63) is 59.8 Å². The monoisotopic (exact) mass is 336 g/mol. The summed E-state index contributed by atoms with van der Waals surface area (Å²) in [4.78, 5) is 14.8. The Labute approximate surface area is 137 Å². The summed E-state index contributed by atoms with van der Waals surface area (Å²) in [6, 6.07) is 6.39. The number of aromatic nitrogens is 1. The van der Waals surface area contributed by atoms with E-state index in [0.717, 1.165) is 12.1 Å². The molecule has 0 spiro atoms. The highest BCUT2D eigenvalue weighted by Gasteiger charge is 2.30. The summed E-state index contributed by atoms with van der Waals surface area (Å²) >= 11 is 0. The molecule has 0 fully saturated rings. The Morgan fingerprint density at radius 3 is 2.54 bits per heavy atom. The molecule has 0 aliphatic rings. The molecule has 0 saturated heterocycles. The molecule has 1 amide bonds. The lowest BCUT2D eigenvalue weighted by atomic mass is 10.0. The van der Waals surface area contributed by atoms with Crippen LogP contribution in [-0.2, 0) is 22.3 Å². The van der Waals surface area contributed by atoms with E-state index in [1.54, 1.807) is 6.07 Å². The summed E-state index contributed by atoms with van der Waals surface area (Å²) < 4.78 is 43.0. The highest BCUT2D eigenvalue weighted by molar-refractivity contribution is 5.67. The van der Waals surface area contributed by atoms with Crippen molar-refractivity contribution in [2.45, 2.75) is 12.7 Å². The number of nitrogens with zero attached hydrogens (tertiary/aromatic N) is 1. The van der Waals surface area contributed by atoms with Gasteiger partial charge in [-0.25, -0.2) is 0 Å². The van der Waals surface area contributed by atoms with Gasteiger partial charge in [-0.15, -0.1) is 0 Å². The zero-order chi connectivity index (χ0) is 17.7. The standard InChI is InChI=1S/C17H15F3N2O2/c1-11(24-2)15-9-22-16(7-13(15)8-21-10-23)12-3-5-14(6-4-12)17(18,19)20/h3-7,9-10H,1,8H2,2H3,(H,21,23). The molecule has 2 aromatic rings. The van der Waals surface area contributed by atoms with E-state index in [9.17, 15) is 18.0 Å². The minimum absolute atomic E-state index is 0.220. The molecule has 0 bridgehead atoms. The molecule has 0 aliphatic heterocycles. The quantitative estimate of drug-likeness (QED) is 0.647. The van der Waals surface area contributed by atoms with Crippen LogP contribution in [0.1, 0.15) is 16.7 Å². The van der Waals surface area contributed by atoms with Crippen LogP contribution in [-0.4, -0.2) is 18.5 Å². The second-order valence-electron chi connectivity index (χ2n) is 4.93. The van der Waals surface area contributed by atoms with Gasteiger partial charge < -0.3 is 10.1 Å². The predicted octanol–water partition coefficient (Wildman–Crippen LogP) is 3.63. The number of hydrogen-bond acceptors (Lipinski definition) is 3. The summed E-state index contributed by atoms with van der Waals surface area (Å²) in [6.45, 7) is 3.97. The Morgan fingerprint density at radius 2 is 2.00 bits per heavy atom. The maximum Gasteiger partial charge on any atom is 0.416 e. The number of pyridine rings is 1. The molecule has 1 aromatic carbocycles. The normalized spacial score (nSPS) is 11.0. The maximum atomic E-state index is 12.6. The SMILES string of the molecule is C=C(OC)c1cnc(-c2ccc(C(F)(F)F)cc2)cc1CNC=O. The van der Waals surface area contributed by atoms with Crippen molar-refractivity contribution in [2.75, 3.05) is 7.11 Å². The fourth-order valence-corrected chi connectivity index (χ4v) is 2.14. The molecule has 1 aromatic heterocycles. The van der Waals surface area contributed by atoms with Gasteiger partial charge >= 0.3 is 6.18 Å². The van der Waals surface area contributed by atoms with E-state index >= 15 is 0 Å². The fourth-order valence-electron chi connectivity index (χ4n) is 2.14. The topological polar surface area (TPSA) is 51.2 Å².